The first-order chi connectivity index (χ1) is 14.8. The molecule has 1 unspecified atom stereocenters. The van der Waals surface area contributed by atoms with Gasteiger partial charge in [0.1, 0.15) is 0 Å². The molecule has 0 bridgehead atoms. The summed E-state index contributed by atoms with van der Waals surface area (Å²) in [5.41, 5.74) is 1.37. The van der Waals surface area contributed by atoms with Crippen LogP contribution < -0.4 is 9.80 Å². The molecule has 0 saturated carbocycles. The Labute approximate surface area is 176 Å². The molecule has 160 valence electrons. The van der Waals surface area contributed by atoms with Crippen LogP contribution in [0.3, 0.4) is 0 Å². The van der Waals surface area contributed by atoms with Crippen LogP contribution in [0, 0.1) is 21.8 Å². The first kappa shape index (κ1) is 20.5. The first-order valence-corrected chi connectivity index (χ1v) is 9.57. The fourth-order valence-electron chi connectivity index (χ4n) is 4.03. The SMILES string of the molecule is COC(=O)c1ccc2c(c1)CCN2C(=O)C1CC(=O)N(c2ccc(F)c([N+](=O)[O-])c2)C1. The highest BCUT2D eigenvalue weighted by Crippen LogP contribution is 2.34. The normalized spacial score (nSPS) is 17.6. The molecule has 0 aromatic heterocycles. The van der Waals surface area contributed by atoms with Crippen molar-refractivity contribution in [3.8, 4) is 0 Å². The predicted octanol–water partition coefficient (Wildman–Crippen LogP) is 2.46. The highest BCUT2D eigenvalue weighted by Gasteiger charge is 2.39. The lowest BCUT2D eigenvalue weighted by Gasteiger charge is -2.22. The van der Waals surface area contributed by atoms with Crippen molar-refractivity contribution in [1.29, 1.82) is 0 Å². The molecule has 0 aliphatic carbocycles. The summed E-state index contributed by atoms with van der Waals surface area (Å²) in [7, 11) is 1.30. The number of rotatable bonds is 4. The van der Waals surface area contributed by atoms with Gasteiger partial charge < -0.3 is 14.5 Å². The monoisotopic (exact) mass is 427 g/mol. The summed E-state index contributed by atoms with van der Waals surface area (Å²) >= 11 is 0. The third kappa shape index (κ3) is 3.60. The van der Waals surface area contributed by atoms with Gasteiger partial charge >= 0.3 is 11.7 Å². The van der Waals surface area contributed by atoms with Crippen LogP contribution in [0.2, 0.25) is 0 Å². The molecule has 1 fully saturated rings. The molecule has 0 spiro atoms. The van der Waals surface area contributed by atoms with Gasteiger partial charge in [-0.05, 0) is 42.3 Å². The zero-order valence-electron chi connectivity index (χ0n) is 16.5. The van der Waals surface area contributed by atoms with Crippen molar-refractivity contribution in [1.82, 2.24) is 0 Å². The van der Waals surface area contributed by atoms with Gasteiger partial charge in [0.05, 0.1) is 29.2 Å². The topological polar surface area (TPSA) is 110 Å². The summed E-state index contributed by atoms with van der Waals surface area (Å²) in [6.45, 7) is 0.470. The minimum Gasteiger partial charge on any atom is -0.465 e. The number of esters is 1. The highest BCUT2D eigenvalue weighted by atomic mass is 19.1. The van der Waals surface area contributed by atoms with Gasteiger partial charge in [-0.3, -0.25) is 19.7 Å². The van der Waals surface area contributed by atoms with Crippen molar-refractivity contribution >= 4 is 34.8 Å². The molecule has 1 atom stereocenters. The maximum Gasteiger partial charge on any atom is 0.337 e. The van der Waals surface area contributed by atoms with E-state index in [0.717, 1.165) is 17.7 Å². The summed E-state index contributed by atoms with van der Waals surface area (Å²) < 4.78 is 18.3. The van der Waals surface area contributed by atoms with Crippen LogP contribution in [0.15, 0.2) is 36.4 Å². The molecule has 2 aromatic carbocycles. The van der Waals surface area contributed by atoms with Gasteiger partial charge in [-0.25, -0.2) is 4.79 Å². The summed E-state index contributed by atoms with van der Waals surface area (Å²) in [6, 6.07) is 8.18. The molecule has 9 nitrogen and oxygen atoms in total. The van der Waals surface area contributed by atoms with Crippen LogP contribution >= 0.6 is 0 Å². The highest BCUT2D eigenvalue weighted by molar-refractivity contribution is 6.05. The van der Waals surface area contributed by atoms with E-state index in [-0.39, 0.29) is 30.5 Å². The van der Waals surface area contributed by atoms with E-state index in [2.05, 4.69) is 0 Å². The molecule has 31 heavy (non-hydrogen) atoms. The van der Waals surface area contributed by atoms with Crippen molar-refractivity contribution in [3.05, 3.63) is 63.5 Å². The summed E-state index contributed by atoms with van der Waals surface area (Å²) in [5.74, 6) is -2.69. The number of hydrogen-bond donors (Lipinski definition) is 0. The van der Waals surface area contributed by atoms with Crippen LogP contribution in [0.5, 0.6) is 0 Å². The Morgan fingerprint density at radius 1 is 1.23 bits per heavy atom. The van der Waals surface area contributed by atoms with E-state index in [1.807, 2.05) is 0 Å². The number of nitro groups is 1. The van der Waals surface area contributed by atoms with E-state index in [1.54, 1.807) is 23.1 Å². The number of hydrogen-bond acceptors (Lipinski definition) is 6. The Kier molecular flexibility index (Phi) is 5.14. The third-order valence-corrected chi connectivity index (χ3v) is 5.57. The number of carbonyl (C=O) groups is 3. The van der Waals surface area contributed by atoms with E-state index >= 15 is 0 Å². The Hall–Kier alpha value is -3.82. The molecule has 1 saturated heterocycles. The summed E-state index contributed by atoms with van der Waals surface area (Å²) in [6.07, 6.45) is 0.524. The van der Waals surface area contributed by atoms with Gasteiger partial charge in [0, 0.05) is 31.3 Å². The Morgan fingerprint density at radius 3 is 2.71 bits per heavy atom. The fourth-order valence-corrected chi connectivity index (χ4v) is 4.03. The molecule has 2 aromatic rings. The summed E-state index contributed by atoms with van der Waals surface area (Å²) in [5, 5.41) is 11.0. The summed E-state index contributed by atoms with van der Waals surface area (Å²) in [4.78, 5) is 50.3. The van der Waals surface area contributed by atoms with Gasteiger partial charge in [-0.2, -0.15) is 4.39 Å². The molecule has 10 heteroatoms. The third-order valence-electron chi connectivity index (χ3n) is 5.57. The van der Waals surface area contributed by atoms with Gasteiger partial charge in [-0.15, -0.1) is 0 Å². The molecule has 2 heterocycles. The fraction of sp³-hybridized carbons (Fsp3) is 0.286. The Morgan fingerprint density at radius 2 is 2.00 bits per heavy atom. The zero-order chi connectivity index (χ0) is 22.3. The number of nitrogens with zero attached hydrogens (tertiary/aromatic N) is 3. The minimum absolute atomic E-state index is 0.0456. The molecular weight excluding hydrogens is 409 g/mol. The predicted molar refractivity (Wildman–Crippen MR) is 107 cm³/mol. The van der Waals surface area contributed by atoms with E-state index in [1.165, 1.54) is 18.1 Å². The van der Waals surface area contributed by atoms with Crippen LogP contribution in [-0.4, -0.2) is 42.9 Å². The second-order valence-electron chi connectivity index (χ2n) is 7.37. The van der Waals surface area contributed by atoms with Crippen molar-refractivity contribution in [2.24, 2.45) is 5.92 Å². The molecule has 2 aliphatic rings. The first-order valence-electron chi connectivity index (χ1n) is 9.57. The van der Waals surface area contributed by atoms with E-state index < -0.39 is 28.3 Å². The number of anilines is 2. The number of methoxy groups -OCH3 is 1. The number of fused-ring (bicyclic) bond motifs is 1. The number of benzene rings is 2. The smallest absolute Gasteiger partial charge is 0.337 e. The van der Waals surface area contributed by atoms with Gasteiger partial charge in [-0.1, -0.05) is 0 Å². The number of halogens is 1. The number of amides is 2. The standard InChI is InChI=1S/C21H18FN3O6/c1-31-21(28)13-2-5-17-12(8-13)6-7-23(17)20(27)14-9-19(26)24(11-14)15-3-4-16(22)18(10-15)25(29)30/h2-5,8,10,14H,6-7,9,11H2,1H3. The average Bonchev–Trinajstić information content (AvgIpc) is 3.36. The largest absolute Gasteiger partial charge is 0.465 e. The molecule has 0 N–H and O–H groups in total. The van der Waals surface area contributed by atoms with Crippen LogP contribution in [0.25, 0.3) is 0 Å². The second-order valence-corrected chi connectivity index (χ2v) is 7.37. The quantitative estimate of drug-likeness (QED) is 0.421. The lowest BCUT2D eigenvalue weighted by atomic mass is 10.1. The Bertz CT molecular complexity index is 1120. The zero-order valence-corrected chi connectivity index (χ0v) is 16.5. The molecular formula is C21H18FN3O6. The van der Waals surface area contributed by atoms with Crippen LogP contribution in [-0.2, 0) is 20.7 Å². The van der Waals surface area contributed by atoms with Crippen molar-refractivity contribution < 1.29 is 28.4 Å². The van der Waals surface area contributed by atoms with Crippen LogP contribution in [0.1, 0.15) is 22.3 Å². The van der Waals surface area contributed by atoms with Crippen molar-refractivity contribution in [2.75, 3.05) is 30.0 Å². The second kappa shape index (κ2) is 7.78. The molecule has 2 aliphatic heterocycles. The lowest BCUT2D eigenvalue weighted by Crippen LogP contribution is -2.36. The molecule has 4 rings (SSSR count). The molecule has 2 amide bonds. The number of nitro benzene ring substituents is 1. The van der Waals surface area contributed by atoms with E-state index in [9.17, 15) is 28.9 Å². The number of ether oxygens (including phenoxy) is 1. The van der Waals surface area contributed by atoms with Crippen molar-refractivity contribution in [3.63, 3.8) is 0 Å². The van der Waals surface area contributed by atoms with Gasteiger partial charge in [0.2, 0.25) is 17.6 Å². The van der Waals surface area contributed by atoms with E-state index in [0.29, 0.717) is 24.2 Å². The lowest BCUT2D eigenvalue weighted by molar-refractivity contribution is -0.387. The molecule has 0 radical (unpaired) electrons. The maximum atomic E-state index is 13.6. The van der Waals surface area contributed by atoms with E-state index in [4.69, 9.17) is 4.74 Å². The Balaban J connectivity index is 1.53. The maximum absolute atomic E-state index is 13.6. The minimum atomic E-state index is -0.993. The van der Waals surface area contributed by atoms with Gasteiger partial charge in [0.25, 0.3) is 0 Å². The van der Waals surface area contributed by atoms with Crippen LogP contribution in [0.4, 0.5) is 21.5 Å². The van der Waals surface area contributed by atoms with Gasteiger partial charge in [0.15, 0.2) is 0 Å². The van der Waals surface area contributed by atoms with Crippen molar-refractivity contribution in [2.45, 2.75) is 12.8 Å². The average molecular weight is 427 g/mol. The number of carbonyl (C=O) groups excluding carboxylic acids is 3.